The van der Waals surface area contributed by atoms with Crippen LogP contribution in [0.4, 0.5) is 5.69 Å². The van der Waals surface area contributed by atoms with Crippen molar-refractivity contribution in [2.24, 2.45) is 0 Å². The van der Waals surface area contributed by atoms with E-state index in [9.17, 15) is 14.9 Å². The molecule has 0 N–H and O–H groups in total. The lowest BCUT2D eigenvalue weighted by atomic mass is 10.0. The van der Waals surface area contributed by atoms with E-state index in [1.807, 2.05) is 0 Å². The van der Waals surface area contributed by atoms with Gasteiger partial charge in [-0.25, -0.2) is 0 Å². The van der Waals surface area contributed by atoms with Crippen molar-refractivity contribution in [1.29, 1.82) is 5.26 Å². The van der Waals surface area contributed by atoms with Crippen molar-refractivity contribution < 1.29 is 14.5 Å². The van der Waals surface area contributed by atoms with Crippen LogP contribution >= 0.6 is 11.6 Å². The third-order valence-electron chi connectivity index (χ3n) is 2.06. The van der Waals surface area contributed by atoms with Gasteiger partial charge in [0.15, 0.2) is 0 Å². The summed E-state index contributed by atoms with van der Waals surface area (Å²) in [5.74, 6) is -0.572. The number of esters is 1. The van der Waals surface area contributed by atoms with E-state index in [2.05, 4.69) is 4.74 Å². The Hall–Kier alpha value is -2.13. The van der Waals surface area contributed by atoms with E-state index in [4.69, 9.17) is 16.9 Å². The standard InChI is InChI=1S/C10H7ClN2O4/c1-17-10(14)4-8-6(5-12)2-7(13(15)16)3-9(8)11/h2-3H,4H2,1H3. The SMILES string of the molecule is COC(=O)Cc1c(Cl)cc([N+](=O)[O-])cc1C#N. The summed E-state index contributed by atoms with van der Waals surface area (Å²) in [6.45, 7) is 0. The second kappa shape index (κ2) is 5.27. The van der Waals surface area contributed by atoms with Gasteiger partial charge in [0.25, 0.3) is 5.69 Å². The molecule has 0 aliphatic rings. The van der Waals surface area contributed by atoms with E-state index in [0.29, 0.717) is 0 Å². The predicted molar refractivity (Wildman–Crippen MR) is 58.5 cm³/mol. The number of nitriles is 1. The summed E-state index contributed by atoms with van der Waals surface area (Å²) in [6.07, 6.45) is -0.198. The highest BCUT2D eigenvalue weighted by Gasteiger charge is 2.17. The number of carbonyl (C=O) groups excluding carboxylic acids is 1. The van der Waals surface area contributed by atoms with E-state index in [1.165, 1.54) is 7.11 Å². The Bertz CT molecular complexity index is 522. The third-order valence-corrected chi connectivity index (χ3v) is 2.40. The van der Waals surface area contributed by atoms with Crippen molar-refractivity contribution in [3.05, 3.63) is 38.4 Å². The number of methoxy groups -OCH3 is 1. The number of nitro groups is 1. The molecule has 88 valence electrons. The number of hydrogen-bond donors (Lipinski definition) is 0. The highest BCUT2D eigenvalue weighted by Crippen LogP contribution is 2.26. The van der Waals surface area contributed by atoms with Crippen LogP contribution < -0.4 is 0 Å². The second-order valence-electron chi connectivity index (χ2n) is 3.08. The summed E-state index contributed by atoms with van der Waals surface area (Å²) < 4.78 is 4.45. The molecule has 0 spiro atoms. The molecule has 6 nitrogen and oxygen atoms in total. The van der Waals surface area contributed by atoms with Crippen LogP contribution in [-0.2, 0) is 16.0 Å². The first-order valence-corrected chi connectivity index (χ1v) is 4.81. The molecule has 0 unspecified atom stereocenters. The fourth-order valence-electron chi connectivity index (χ4n) is 1.22. The van der Waals surface area contributed by atoms with Crippen LogP contribution in [0.15, 0.2) is 12.1 Å². The molecule has 7 heteroatoms. The lowest BCUT2D eigenvalue weighted by Gasteiger charge is -2.05. The molecule has 0 amide bonds. The molecule has 0 saturated carbocycles. The summed E-state index contributed by atoms with van der Waals surface area (Å²) >= 11 is 5.80. The number of nitro benzene ring substituents is 1. The number of nitrogens with zero attached hydrogens (tertiary/aromatic N) is 2. The van der Waals surface area contributed by atoms with Crippen LogP contribution in [0.5, 0.6) is 0 Å². The fraction of sp³-hybridized carbons (Fsp3) is 0.200. The summed E-state index contributed by atoms with van der Waals surface area (Å²) in [5, 5.41) is 19.4. The number of benzene rings is 1. The van der Waals surface area contributed by atoms with Crippen LogP contribution in [0.1, 0.15) is 11.1 Å². The Morgan fingerprint density at radius 2 is 2.29 bits per heavy atom. The molecular formula is C10H7ClN2O4. The van der Waals surface area contributed by atoms with Gasteiger partial charge in [-0.3, -0.25) is 14.9 Å². The first-order chi connectivity index (χ1) is 7.99. The van der Waals surface area contributed by atoms with Crippen LogP contribution in [0, 0.1) is 21.4 Å². The van der Waals surface area contributed by atoms with Crippen molar-refractivity contribution in [2.75, 3.05) is 7.11 Å². The van der Waals surface area contributed by atoms with E-state index in [0.717, 1.165) is 12.1 Å². The normalized spacial score (nSPS) is 9.47. The minimum absolute atomic E-state index is 0.00106. The van der Waals surface area contributed by atoms with Crippen molar-refractivity contribution in [3.63, 3.8) is 0 Å². The van der Waals surface area contributed by atoms with Crippen molar-refractivity contribution in [1.82, 2.24) is 0 Å². The highest BCUT2D eigenvalue weighted by molar-refractivity contribution is 6.32. The van der Waals surface area contributed by atoms with E-state index in [-0.39, 0.29) is 28.3 Å². The average Bonchev–Trinajstić information content (AvgIpc) is 2.30. The van der Waals surface area contributed by atoms with Crippen LogP contribution in [0.25, 0.3) is 0 Å². The molecule has 17 heavy (non-hydrogen) atoms. The maximum atomic E-state index is 11.1. The summed E-state index contributed by atoms with van der Waals surface area (Å²) in [6, 6.07) is 3.94. The van der Waals surface area contributed by atoms with Gasteiger partial charge in [0.1, 0.15) is 0 Å². The molecule has 0 bridgehead atoms. The summed E-state index contributed by atoms with van der Waals surface area (Å²) in [5.41, 5.74) is -0.0682. The van der Waals surface area contributed by atoms with Crippen LogP contribution in [0.2, 0.25) is 5.02 Å². The maximum absolute atomic E-state index is 11.1. The fourth-order valence-corrected chi connectivity index (χ4v) is 1.50. The molecule has 0 aliphatic carbocycles. The molecule has 0 radical (unpaired) electrons. The first kappa shape index (κ1) is 12.9. The lowest BCUT2D eigenvalue weighted by molar-refractivity contribution is -0.384. The predicted octanol–water partition coefficient (Wildman–Crippen LogP) is 1.84. The van der Waals surface area contributed by atoms with Crippen molar-refractivity contribution >= 4 is 23.3 Å². The Labute approximate surface area is 102 Å². The average molecular weight is 255 g/mol. The Morgan fingerprint density at radius 3 is 2.76 bits per heavy atom. The maximum Gasteiger partial charge on any atom is 0.310 e. The van der Waals surface area contributed by atoms with E-state index >= 15 is 0 Å². The molecule has 0 fully saturated rings. The topological polar surface area (TPSA) is 93.2 Å². The number of non-ortho nitro benzene ring substituents is 1. The zero-order valence-electron chi connectivity index (χ0n) is 8.77. The van der Waals surface area contributed by atoms with Gasteiger partial charge in [0.05, 0.1) is 35.1 Å². The number of hydrogen-bond acceptors (Lipinski definition) is 5. The van der Waals surface area contributed by atoms with Crippen LogP contribution in [-0.4, -0.2) is 18.0 Å². The monoisotopic (exact) mass is 254 g/mol. The van der Waals surface area contributed by atoms with Gasteiger partial charge in [0.2, 0.25) is 0 Å². The molecule has 1 rings (SSSR count). The molecule has 1 aromatic carbocycles. The van der Waals surface area contributed by atoms with Crippen molar-refractivity contribution in [2.45, 2.75) is 6.42 Å². The molecule has 0 aromatic heterocycles. The highest BCUT2D eigenvalue weighted by atomic mass is 35.5. The van der Waals surface area contributed by atoms with Gasteiger partial charge in [0, 0.05) is 17.7 Å². The number of rotatable bonds is 3. The smallest absolute Gasteiger partial charge is 0.310 e. The molecule has 0 saturated heterocycles. The Balaban J connectivity index is 3.27. The molecule has 0 atom stereocenters. The van der Waals surface area contributed by atoms with E-state index in [1.54, 1.807) is 6.07 Å². The molecule has 0 heterocycles. The first-order valence-electron chi connectivity index (χ1n) is 4.43. The Kier molecular flexibility index (Phi) is 4.01. The van der Waals surface area contributed by atoms with Gasteiger partial charge in [-0.15, -0.1) is 0 Å². The largest absolute Gasteiger partial charge is 0.469 e. The quantitative estimate of drug-likeness (QED) is 0.466. The zero-order chi connectivity index (χ0) is 13.0. The number of carbonyl (C=O) groups is 1. The van der Waals surface area contributed by atoms with Gasteiger partial charge >= 0.3 is 5.97 Å². The van der Waals surface area contributed by atoms with Gasteiger partial charge in [-0.1, -0.05) is 11.6 Å². The Morgan fingerprint density at radius 1 is 1.65 bits per heavy atom. The minimum Gasteiger partial charge on any atom is -0.469 e. The van der Waals surface area contributed by atoms with Gasteiger partial charge < -0.3 is 4.74 Å². The van der Waals surface area contributed by atoms with Crippen LogP contribution in [0.3, 0.4) is 0 Å². The third kappa shape index (κ3) is 2.92. The zero-order valence-corrected chi connectivity index (χ0v) is 9.52. The summed E-state index contributed by atoms with van der Waals surface area (Å²) in [7, 11) is 1.20. The number of ether oxygens (including phenoxy) is 1. The second-order valence-corrected chi connectivity index (χ2v) is 3.48. The van der Waals surface area contributed by atoms with E-state index < -0.39 is 10.9 Å². The summed E-state index contributed by atoms with van der Waals surface area (Å²) in [4.78, 5) is 21.0. The van der Waals surface area contributed by atoms with Crippen molar-refractivity contribution in [3.8, 4) is 6.07 Å². The minimum atomic E-state index is -0.658. The van der Waals surface area contributed by atoms with Gasteiger partial charge in [-0.2, -0.15) is 5.26 Å². The number of halogens is 1. The molecular weight excluding hydrogens is 248 g/mol. The molecule has 0 aliphatic heterocycles. The van der Waals surface area contributed by atoms with Gasteiger partial charge in [-0.05, 0) is 0 Å². The molecule has 1 aromatic rings. The lowest BCUT2D eigenvalue weighted by Crippen LogP contribution is -2.07.